The molecule has 0 radical (unpaired) electrons. The minimum absolute atomic E-state index is 0.0469. The van der Waals surface area contributed by atoms with Crippen LogP contribution in [0.1, 0.15) is 67.3 Å². The first-order valence-electron chi connectivity index (χ1n) is 9.63. The number of halogens is 1. The van der Waals surface area contributed by atoms with Gasteiger partial charge in [0.2, 0.25) is 0 Å². The van der Waals surface area contributed by atoms with Crippen LogP contribution in [0.3, 0.4) is 0 Å². The second-order valence-electron chi connectivity index (χ2n) is 7.31. The Balaban J connectivity index is 1.80. The highest BCUT2D eigenvalue weighted by molar-refractivity contribution is 9.10. The molecule has 1 aliphatic carbocycles. The predicted molar refractivity (Wildman–Crippen MR) is 111 cm³/mol. The fraction of sp³-hybridized carbons (Fsp3) is 0.318. The summed E-state index contributed by atoms with van der Waals surface area (Å²) in [7, 11) is 0. The quantitative estimate of drug-likeness (QED) is 0.551. The van der Waals surface area contributed by atoms with Gasteiger partial charge in [-0.3, -0.25) is 14.5 Å². The van der Waals surface area contributed by atoms with E-state index in [2.05, 4.69) is 56.8 Å². The van der Waals surface area contributed by atoms with Crippen LogP contribution >= 0.6 is 15.9 Å². The van der Waals surface area contributed by atoms with Crippen molar-refractivity contribution in [2.24, 2.45) is 4.99 Å². The first-order valence-corrected chi connectivity index (χ1v) is 10.4. The summed E-state index contributed by atoms with van der Waals surface area (Å²) in [6, 6.07) is 12.5. The maximum Gasteiger partial charge on any atom is 0.138 e. The first-order chi connectivity index (χ1) is 13.3. The molecule has 3 heterocycles. The topological polar surface area (TPSA) is 43.1 Å². The van der Waals surface area contributed by atoms with E-state index in [0.29, 0.717) is 5.92 Å². The molecular weight excluding hydrogens is 400 g/mol. The Morgan fingerprint density at radius 1 is 1.15 bits per heavy atom. The summed E-state index contributed by atoms with van der Waals surface area (Å²) in [5.41, 5.74) is 5.47. The molecule has 0 amide bonds. The van der Waals surface area contributed by atoms with Crippen LogP contribution in [0.5, 0.6) is 0 Å². The van der Waals surface area contributed by atoms with Gasteiger partial charge in [-0.15, -0.1) is 0 Å². The van der Waals surface area contributed by atoms with Crippen molar-refractivity contribution >= 4 is 21.6 Å². The zero-order valence-corrected chi connectivity index (χ0v) is 16.9. The third-order valence-electron chi connectivity index (χ3n) is 5.32. The third-order valence-corrected chi connectivity index (χ3v) is 5.81. The van der Waals surface area contributed by atoms with Gasteiger partial charge in [0.15, 0.2) is 0 Å². The molecule has 0 unspecified atom stereocenters. The van der Waals surface area contributed by atoms with Crippen molar-refractivity contribution in [3.05, 3.63) is 76.0 Å². The number of fused-ring (bicyclic) bond motifs is 3. The summed E-state index contributed by atoms with van der Waals surface area (Å²) in [5.74, 6) is 1.69. The minimum Gasteiger partial charge on any atom is -0.298 e. The number of aliphatic imine (C=N–C) groups is 1. The van der Waals surface area contributed by atoms with E-state index in [9.17, 15) is 0 Å². The zero-order chi connectivity index (χ0) is 18.4. The summed E-state index contributed by atoms with van der Waals surface area (Å²) < 4.78 is 3.42. The third kappa shape index (κ3) is 2.94. The van der Waals surface area contributed by atoms with Gasteiger partial charge >= 0.3 is 0 Å². The van der Waals surface area contributed by atoms with Gasteiger partial charge in [-0.05, 0) is 49.6 Å². The van der Waals surface area contributed by atoms with Crippen LogP contribution in [0.2, 0.25) is 0 Å². The molecular formula is C22H21BrN4. The van der Waals surface area contributed by atoms with Gasteiger partial charge in [0.1, 0.15) is 11.9 Å². The molecule has 1 atom stereocenters. The average Bonchev–Trinajstić information content (AvgIpc) is 3.46. The maximum absolute atomic E-state index is 5.20. The van der Waals surface area contributed by atoms with Gasteiger partial charge in [-0.1, -0.05) is 35.3 Å². The summed E-state index contributed by atoms with van der Waals surface area (Å²) in [6.45, 7) is 2.21. The molecule has 2 aliphatic rings. The Hall–Kier alpha value is -2.27. The lowest BCUT2D eigenvalue weighted by molar-refractivity contribution is 0.596. The Labute approximate surface area is 167 Å². The largest absolute Gasteiger partial charge is 0.298 e. The van der Waals surface area contributed by atoms with Gasteiger partial charge in [0.05, 0.1) is 17.1 Å². The highest BCUT2D eigenvalue weighted by Crippen LogP contribution is 2.44. The summed E-state index contributed by atoms with van der Waals surface area (Å²) in [4.78, 5) is 14.7. The minimum atomic E-state index is 0.0469. The molecule has 0 bridgehead atoms. The summed E-state index contributed by atoms with van der Waals surface area (Å²) >= 11 is 3.65. The second kappa shape index (κ2) is 6.71. The van der Waals surface area contributed by atoms with Gasteiger partial charge in [0, 0.05) is 34.0 Å². The fourth-order valence-electron chi connectivity index (χ4n) is 3.89. The van der Waals surface area contributed by atoms with Gasteiger partial charge in [-0.25, -0.2) is 4.98 Å². The molecule has 1 fully saturated rings. The molecule has 3 aromatic rings. The molecule has 0 N–H and O–H groups in total. The maximum atomic E-state index is 5.20. The van der Waals surface area contributed by atoms with E-state index in [1.54, 1.807) is 0 Å². The lowest BCUT2D eigenvalue weighted by Crippen LogP contribution is -2.10. The SMILES string of the molecule is CCC[C@@H]1N=C(c2ccccn2)c2cc(Br)ccc2-n2c(C3CC3)cnc21. The summed E-state index contributed by atoms with van der Waals surface area (Å²) in [5, 5.41) is 0. The number of nitrogens with zero attached hydrogens (tertiary/aromatic N) is 4. The van der Waals surface area contributed by atoms with E-state index < -0.39 is 0 Å². The number of imidazole rings is 1. The number of aromatic nitrogens is 3. The highest BCUT2D eigenvalue weighted by Gasteiger charge is 2.33. The Morgan fingerprint density at radius 2 is 2.04 bits per heavy atom. The van der Waals surface area contributed by atoms with Crippen LogP contribution in [-0.2, 0) is 0 Å². The molecule has 4 nitrogen and oxygen atoms in total. The van der Waals surface area contributed by atoms with E-state index in [-0.39, 0.29) is 6.04 Å². The highest BCUT2D eigenvalue weighted by atomic mass is 79.9. The molecule has 5 heteroatoms. The van der Waals surface area contributed by atoms with Crippen molar-refractivity contribution in [1.29, 1.82) is 0 Å². The van der Waals surface area contributed by atoms with Gasteiger partial charge < -0.3 is 0 Å². The molecule has 0 saturated heterocycles. The normalized spacial score (nSPS) is 18.4. The van der Waals surface area contributed by atoms with Crippen molar-refractivity contribution in [2.75, 3.05) is 0 Å². The molecule has 5 rings (SSSR count). The molecule has 1 saturated carbocycles. The monoisotopic (exact) mass is 420 g/mol. The first kappa shape index (κ1) is 16.9. The molecule has 0 spiro atoms. The number of benzene rings is 1. The second-order valence-corrected chi connectivity index (χ2v) is 8.23. The van der Waals surface area contributed by atoms with Crippen LogP contribution in [0.25, 0.3) is 5.69 Å². The van der Waals surface area contributed by atoms with Crippen LogP contribution < -0.4 is 0 Å². The van der Waals surface area contributed by atoms with E-state index >= 15 is 0 Å². The van der Waals surface area contributed by atoms with Gasteiger partial charge in [-0.2, -0.15) is 0 Å². The lowest BCUT2D eigenvalue weighted by Gasteiger charge is -2.15. The van der Waals surface area contributed by atoms with Gasteiger partial charge in [0.25, 0.3) is 0 Å². The summed E-state index contributed by atoms with van der Waals surface area (Å²) in [6.07, 6.45) is 8.46. The number of hydrogen-bond donors (Lipinski definition) is 0. The molecule has 2 aromatic heterocycles. The lowest BCUT2D eigenvalue weighted by atomic mass is 10.0. The van der Waals surface area contributed by atoms with E-state index in [1.165, 1.54) is 18.5 Å². The van der Waals surface area contributed by atoms with E-state index in [4.69, 9.17) is 9.98 Å². The van der Waals surface area contributed by atoms with E-state index in [1.807, 2.05) is 24.4 Å². The molecule has 27 heavy (non-hydrogen) atoms. The van der Waals surface area contributed by atoms with Crippen LogP contribution in [0, 0.1) is 0 Å². The smallest absolute Gasteiger partial charge is 0.138 e. The molecule has 136 valence electrons. The molecule has 1 aliphatic heterocycles. The number of hydrogen-bond acceptors (Lipinski definition) is 3. The average molecular weight is 421 g/mol. The number of rotatable bonds is 4. The van der Waals surface area contributed by atoms with Crippen LogP contribution in [0.15, 0.2) is 58.3 Å². The van der Waals surface area contributed by atoms with Crippen molar-refractivity contribution in [2.45, 2.75) is 44.6 Å². The van der Waals surface area contributed by atoms with Crippen LogP contribution in [-0.4, -0.2) is 20.2 Å². The van der Waals surface area contributed by atoms with Crippen molar-refractivity contribution in [3.8, 4) is 5.69 Å². The van der Waals surface area contributed by atoms with E-state index in [0.717, 1.165) is 45.8 Å². The standard InChI is InChI=1S/C22H21BrN4/c1-2-5-18-22-25-13-20(14-7-8-14)27(22)19-10-9-15(23)12-16(19)21(26-18)17-6-3-4-11-24-17/h3-4,6,9-14,18H,2,5,7-8H2,1H3/t18-/m0/s1. The number of pyridine rings is 1. The van der Waals surface area contributed by atoms with Crippen molar-refractivity contribution in [1.82, 2.24) is 14.5 Å². The molecule has 1 aromatic carbocycles. The Kier molecular flexibility index (Phi) is 4.20. The van der Waals surface area contributed by atoms with Crippen LogP contribution in [0.4, 0.5) is 0 Å². The van der Waals surface area contributed by atoms with Crippen molar-refractivity contribution in [3.63, 3.8) is 0 Å². The Bertz CT molecular complexity index is 1020. The Morgan fingerprint density at radius 3 is 2.78 bits per heavy atom. The predicted octanol–water partition coefficient (Wildman–Crippen LogP) is 5.60. The zero-order valence-electron chi connectivity index (χ0n) is 15.3. The fourth-order valence-corrected chi connectivity index (χ4v) is 4.26. The van der Waals surface area contributed by atoms with Crippen molar-refractivity contribution < 1.29 is 0 Å².